The average molecular weight is 576 g/mol. The van der Waals surface area contributed by atoms with E-state index in [1.807, 2.05) is 54.7 Å². The second kappa shape index (κ2) is 11.2. The molecule has 2 aliphatic heterocycles. The summed E-state index contributed by atoms with van der Waals surface area (Å²) in [4.78, 5) is 2.34. The topological polar surface area (TPSA) is 68.8 Å². The number of halogens is 1. The van der Waals surface area contributed by atoms with E-state index in [2.05, 4.69) is 55.3 Å². The largest absolute Gasteiger partial charge is 0.488 e. The van der Waals surface area contributed by atoms with Crippen LogP contribution in [0.5, 0.6) is 11.5 Å². The quantitative estimate of drug-likeness (QED) is 0.264. The molecular weight excluding hydrogens is 546 g/mol. The fraction of sp³-hybridized carbons (Fsp3) is 0.300. The monoisotopic (exact) mass is 575 g/mol. The molecule has 0 radical (unpaired) electrons. The van der Waals surface area contributed by atoms with E-state index in [1.165, 1.54) is 0 Å². The third-order valence-electron chi connectivity index (χ3n) is 7.06. The van der Waals surface area contributed by atoms with Crippen molar-refractivity contribution in [3.8, 4) is 22.8 Å². The van der Waals surface area contributed by atoms with Crippen molar-refractivity contribution in [3.63, 3.8) is 0 Å². The number of hydrogen-bond acceptors (Lipinski definition) is 6. The maximum absolute atomic E-state index is 6.40. The van der Waals surface area contributed by atoms with Gasteiger partial charge in [0.15, 0.2) is 5.79 Å². The highest BCUT2D eigenvalue weighted by Crippen LogP contribution is 2.43. The number of hydrogen-bond donors (Lipinski definition) is 1. The third-order valence-corrected chi connectivity index (χ3v) is 7.68. The zero-order valence-corrected chi connectivity index (χ0v) is 22.7. The van der Waals surface area contributed by atoms with Gasteiger partial charge in [-0.2, -0.15) is 5.10 Å². The molecule has 2 aliphatic rings. The Morgan fingerprint density at radius 3 is 2.08 bits per heavy atom. The van der Waals surface area contributed by atoms with E-state index in [4.69, 9.17) is 18.9 Å². The predicted octanol–water partition coefficient (Wildman–Crippen LogP) is 6.34. The Morgan fingerprint density at radius 2 is 1.45 bits per heavy atom. The van der Waals surface area contributed by atoms with E-state index in [9.17, 15) is 0 Å². The number of H-pyrrole nitrogens is 1. The normalized spacial score (nSPS) is 16.6. The van der Waals surface area contributed by atoms with Crippen molar-refractivity contribution in [2.24, 2.45) is 0 Å². The Balaban J connectivity index is 1.28. The number of ether oxygens (including phenoxy) is 4. The van der Waals surface area contributed by atoms with Gasteiger partial charge in [-0.3, -0.25) is 5.10 Å². The molecule has 0 amide bonds. The van der Waals surface area contributed by atoms with E-state index >= 15 is 0 Å². The molecule has 0 aliphatic carbocycles. The van der Waals surface area contributed by atoms with E-state index in [1.54, 1.807) is 0 Å². The molecule has 4 aromatic rings. The Labute approximate surface area is 230 Å². The first-order valence-electron chi connectivity index (χ1n) is 12.9. The van der Waals surface area contributed by atoms with Gasteiger partial charge < -0.3 is 23.8 Å². The van der Waals surface area contributed by atoms with Gasteiger partial charge in [-0.1, -0.05) is 60.7 Å². The Hall–Kier alpha value is -3.33. The summed E-state index contributed by atoms with van der Waals surface area (Å²) in [6, 6.07) is 24.3. The van der Waals surface area contributed by atoms with E-state index in [0.717, 1.165) is 58.5 Å². The number of nitrogens with zero attached hydrogens (tertiary/aromatic N) is 2. The first kappa shape index (κ1) is 25.0. The molecule has 38 heavy (non-hydrogen) atoms. The van der Waals surface area contributed by atoms with Crippen LogP contribution < -0.4 is 14.4 Å². The van der Waals surface area contributed by atoms with Crippen LogP contribution in [0.25, 0.3) is 11.3 Å². The molecule has 0 saturated carbocycles. The van der Waals surface area contributed by atoms with Gasteiger partial charge in [0.2, 0.25) is 0 Å². The van der Waals surface area contributed by atoms with E-state index in [0.29, 0.717) is 37.9 Å². The summed E-state index contributed by atoms with van der Waals surface area (Å²) >= 11 is 3.73. The highest BCUT2D eigenvalue weighted by Gasteiger charge is 2.40. The smallest absolute Gasteiger partial charge is 0.171 e. The fourth-order valence-corrected chi connectivity index (χ4v) is 5.48. The van der Waals surface area contributed by atoms with Crippen molar-refractivity contribution in [3.05, 3.63) is 94.6 Å². The number of piperidine rings is 1. The van der Waals surface area contributed by atoms with Gasteiger partial charge in [0.25, 0.3) is 0 Å². The lowest BCUT2D eigenvalue weighted by molar-refractivity contribution is -0.169. The number of anilines is 1. The summed E-state index contributed by atoms with van der Waals surface area (Å²) in [5, 5.41) is 7.74. The first-order chi connectivity index (χ1) is 18.7. The van der Waals surface area contributed by atoms with Crippen LogP contribution in [0.1, 0.15) is 24.0 Å². The SMILES string of the molecule is Brc1cc(-c2n[nH]cc2N2CCC3(CC2)OCCO3)c(OCc2ccccc2)cc1OCc1ccccc1. The summed E-state index contributed by atoms with van der Waals surface area (Å²) in [5.74, 6) is 1.00. The molecule has 8 heteroatoms. The van der Waals surface area contributed by atoms with Crippen LogP contribution >= 0.6 is 15.9 Å². The second-order valence-electron chi connectivity index (χ2n) is 9.54. The molecule has 1 N–H and O–H groups in total. The molecule has 7 nitrogen and oxygen atoms in total. The minimum atomic E-state index is -0.425. The van der Waals surface area contributed by atoms with Crippen LogP contribution in [-0.2, 0) is 22.7 Å². The average Bonchev–Trinajstić information content (AvgIpc) is 3.63. The highest BCUT2D eigenvalue weighted by atomic mass is 79.9. The molecule has 3 heterocycles. The number of aromatic amines is 1. The summed E-state index contributed by atoms with van der Waals surface area (Å²) < 4.78 is 25.3. The first-order valence-corrected chi connectivity index (χ1v) is 13.7. The van der Waals surface area contributed by atoms with Gasteiger partial charge in [0.1, 0.15) is 30.4 Å². The molecule has 3 aromatic carbocycles. The third kappa shape index (κ3) is 5.43. The van der Waals surface area contributed by atoms with Crippen molar-refractivity contribution in [2.75, 3.05) is 31.2 Å². The van der Waals surface area contributed by atoms with E-state index in [-0.39, 0.29) is 0 Å². The lowest BCUT2D eigenvalue weighted by Crippen LogP contribution is -2.45. The number of benzene rings is 3. The number of rotatable bonds is 8. The molecule has 2 fully saturated rings. The van der Waals surface area contributed by atoms with Crippen LogP contribution in [-0.4, -0.2) is 42.3 Å². The van der Waals surface area contributed by atoms with Crippen LogP contribution in [0.4, 0.5) is 5.69 Å². The zero-order valence-electron chi connectivity index (χ0n) is 21.1. The maximum Gasteiger partial charge on any atom is 0.171 e. The van der Waals surface area contributed by atoms with Crippen molar-refractivity contribution in [1.82, 2.24) is 10.2 Å². The molecule has 1 spiro atoms. The molecule has 0 atom stereocenters. The molecule has 196 valence electrons. The maximum atomic E-state index is 6.40. The second-order valence-corrected chi connectivity index (χ2v) is 10.4. The van der Waals surface area contributed by atoms with Crippen molar-refractivity contribution in [2.45, 2.75) is 31.8 Å². The Kier molecular flexibility index (Phi) is 7.35. The zero-order chi connectivity index (χ0) is 25.8. The van der Waals surface area contributed by atoms with Gasteiger partial charge in [-0.25, -0.2) is 0 Å². The van der Waals surface area contributed by atoms with Crippen LogP contribution in [0.2, 0.25) is 0 Å². The van der Waals surface area contributed by atoms with Gasteiger partial charge in [0.05, 0.1) is 23.4 Å². The summed E-state index contributed by atoms with van der Waals surface area (Å²) in [7, 11) is 0. The van der Waals surface area contributed by atoms with Gasteiger partial charge >= 0.3 is 0 Å². The minimum Gasteiger partial charge on any atom is -0.488 e. The van der Waals surface area contributed by atoms with Gasteiger partial charge in [-0.15, -0.1) is 0 Å². The van der Waals surface area contributed by atoms with E-state index < -0.39 is 5.79 Å². The van der Waals surface area contributed by atoms with Crippen LogP contribution in [0.15, 0.2) is 83.5 Å². The van der Waals surface area contributed by atoms with Crippen LogP contribution in [0, 0.1) is 0 Å². The summed E-state index contributed by atoms with van der Waals surface area (Å²) in [6.07, 6.45) is 3.61. The van der Waals surface area contributed by atoms with Gasteiger partial charge in [0, 0.05) is 43.8 Å². The van der Waals surface area contributed by atoms with Crippen molar-refractivity contribution >= 4 is 21.6 Å². The minimum absolute atomic E-state index is 0.425. The standard InChI is InChI=1S/C30H30BrN3O4/c31-25-17-24(29-26(19-32-33-29)34-13-11-30(12-14-34)37-15-16-38-30)27(35-20-22-7-3-1-4-8-22)18-28(25)36-21-23-9-5-2-6-10-23/h1-10,17-19H,11-16,20-21H2,(H,32,33). The molecule has 1 aromatic heterocycles. The molecule has 2 saturated heterocycles. The Bertz CT molecular complexity index is 1350. The fourth-order valence-electron chi connectivity index (χ4n) is 5.02. The van der Waals surface area contributed by atoms with Crippen LogP contribution in [0.3, 0.4) is 0 Å². The molecular formula is C30H30BrN3O4. The molecule has 0 bridgehead atoms. The Morgan fingerprint density at radius 1 is 0.842 bits per heavy atom. The molecule has 0 unspecified atom stereocenters. The number of nitrogens with one attached hydrogen (secondary N) is 1. The number of aromatic nitrogens is 2. The van der Waals surface area contributed by atoms with Gasteiger partial charge in [-0.05, 0) is 33.1 Å². The predicted molar refractivity (Wildman–Crippen MR) is 149 cm³/mol. The summed E-state index contributed by atoms with van der Waals surface area (Å²) in [6.45, 7) is 3.90. The van der Waals surface area contributed by atoms with Crippen molar-refractivity contribution < 1.29 is 18.9 Å². The lowest BCUT2D eigenvalue weighted by atomic mass is 10.0. The lowest BCUT2D eigenvalue weighted by Gasteiger charge is -2.38. The highest BCUT2D eigenvalue weighted by molar-refractivity contribution is 9.10. The summed E-state index contributed by atoms with van der Waals surface area (Å²) in [5.41, 5.74) is 4.96. The van der Waals surface area contributed by atoms with Crippen molar-refractivity contribution in [1.29, 1.82) is 0 Å². The molecule has 6 rings (SSSR count).